The van der Waals surface area contributed by atoms with Gasteiger partial charge in [-0.2, -0.15) is 0 Å². The number of nitrogens with one attached hydrogen (secondary N) is 1. The van der Waals surface area contributed by atoms with Crippen molar-refractivity contribution in [3.63, 3.8) is 0 Å². The highest BCUT2D eigenvalue weighted by Crippen LogP contribution is 2.29. The molecule has 1 aliphatic carbocycles. The van der Waals surface area contributed by atoms with Gasteiger partial charge in [0.25, 0.3) is 0 Å². The van der Waals surface area contributed by atoms with Gasteiger partial charge in [0.15, 0.2) is 5.78 Å². The molecule has 1 saturated carbocycles. The summed E-state index contributed by atoms with van der Waals surface area (Å²) in [6, 6.07) is 15.1. The number of benzene rings is 2. The van der Waals surface area contributed by atoms with Gasteiger partial charge >= 0.3 is 0 Å². The first-order valence-corrected chi connectivity index (χ1v) is 8.37. The number of carbonyl (C=O) groups excluding carboxylic acids is 1. The van der Waals surface area contributed by atoms with Crippen LogP contribution in [0.15, 0.2) is 54.1 Å². The van der Waals surface area contributed by atoms with Gasteiger partial charge < -0.3 is 5.32 Å². The number of Topliss-reactive ketones (excluding diaryl/α,β-unsaturated/α-hetero) is 1. The summed E-state index contributed by atoms with van der Waals surface area (Å²) < 4.78 is 0. The Bertz CT molecular complexity index is 720. The molecular weight excluding hydrogens is 329 g/mol. The van der Waals surface area contributed by atoms with E-state index in [9.17, 15) is 4.79 Å². The molecule has 0 aromatic heterocycles. The van der Waals surface area contributed by atoms with E-state index in [0.29, 0.717) is 16.6 Å². The molecule has 1 unspecified atom stereocenters. The van der Waals surface area contributed by atoms with E-state index in [-0.39, 0.29) is 11.7 Å². The molecule has 0 saturated heterocycles. The lowest BCUT2D eigenvalue weighted by atomic mass is 10.0. The average Bonchev–Trinajstić information content (AvgIpc) is 2.90. The van der Waals surface area contributed by atoms with Gasteiger partial charge in [-0.1, -0.05) is 35.3 Å². The van der Waals surface area contributed by atoms with Crippen LogP contribution in [0.1, 0.15) is 18.4 Å². The summed E-state index contributed by atoms with van der Waals surface area (Å²) in [5, 5.41) is 4.72. The first-order chi connectivity index (χ1) is 11.1. The lowest BCUT2D eigenvalue weighted by molar-refractivity contribution is -0.117. The monoisotopic (exact) mass is 345 g/mol. The first kappa shape index (κ1) is 16.1. The van der Waals surface area contributed by atoms with Crippen molar-refractivity contribution in [3.8, 4) is 0 Å². The van der Waals surface area contributed by atoms with E-state index in [1.165, 1.54) is 0 Å². The summed E-state index contributed by atoms with van der Waals surface area (Å²) in [6.07, 6.45) is 3.69. The Morgan fingerprint density at radius 1 is 1.00 bits per heavy atom. The predicted octanol–water partition coefficient (Wildman–Crippen LogP) is 5.47. The third-order valence-corrected chi connectivity index (χ3v) is 4.56. The van der Waals surface area contributed by atoms with E-state index in [4.69, 9.17) is 23.2 Å². The number of carbonyl (C=O) groups is 1. The van der Waals surface area contributed by atoms with Crippen molar-refractivity contribution in [2.75, 3.05) is 11.9 Å². The SMILES string of the molecule is O=C1/C(=C\c2ccc(Cl)cc2)CCC1CNc1ccc(Cl)cc1. The molecule has 0 radical (unpaired) electrons. The van der Waals surface area contributed by atoms with Gasteiger partial charge in [0.2, 0.25) is 0 Å². The lowest BCUT2D eigenvalue weighted by Gasteiger charge is -2.10. The maximum Gasteiger partial charge on any atom is 0.163 e. The molecule has 1 fully saturated rings. The van der Waals surface area contributed by atoms with Crippen LogP contribution in [0.5, 0.6) is 0 Å². The van der Waals surface area contributed by atoms with E-state index in [1.54, 1.807) is 0 Å². The van der Waals surface area contributed by atoms with Crippen LogP contribution in [0, 0.1) is 5.92 Å². The Morgan fingerprint density at radius 2 is 1.61 bits per heavy atom. The molecule has 3 rings (SSSR count). The highest BCUT2D eigenvalue weighted by molar-refractivity contribution is 6.30. The van der Waals surface area contributed by atoms with Gasteiger partial charge in [-0.25, -0.2) is 0 Å². The van der Waals surface area contributed by atoms with E-state index in [1.807, 2.05) is 54.6 Å². The third-order valence-electron chi connectivity index (χ3n) is 4.06. The second-order valence-corrected chi connectivity index (χ2v) is 6.58. The van der Waals surface area contributed by atoms with Crippen LogP contribution in [0.2, 0.25) is 10.0 Å². The largest absolute Gasteiger partial charge is 0.384 e. The zero-order valence-electron chi connectivity index (χ0n) is 12.6. The fourth-order valence-electron chi connectivity index (χ4n) is 2.75. The van der Waals surface area contributed by atoms with E-state index >= 15 is 0 Å². The fourth-order valence-corrected chi connectivity index (χ4v) is 3.01. The maximum absolute atomic E-state index is 12.5. The molecule has 0 spiro atoms. The Balaban J connectivity index is 1.62. The second kappa shape index (κ2) is 7.20. The quantitative estimate of drug-likeness (QED) is 0.744. The molecule has 4 heteroatoms. The minimum absolute atomic E-state index is 0.0317. The highest BCUT2D eigenvalue weighted by atomic mass is 35.5. The topological polar surface area (TPSA) is 29.1 Å². The third kappa shape index (κ3) is 4.15. The molecule has 118 valence electrons. The van der Waals surface area contributed by atoms with E-state index < -0.39 is 0 Å². The van der Waals surface area contributed by atoms with Crippen LogP contribution < -0.4 is 5.32 Å². The van der Waals surface area contributed by atoms with Crippen molar-refractivity contribution in [2.45, 2.75) is 12.8 Å². The number of allylic oxidation sites excluding steroid dienone is 1. The van der Waals surface area contributed by atoms with Crippen molar-refractivity contribution >= 4 is 40.7 Å². The Morgan fingerprint density at radius 3 is 2.26 bits per heavy atom. The van der Waals surface area contributed by atoms with Gasteiger partial charge in [-0.3, -0.25) is 4.79 Å². The van der Waals surface area contributed by atoms with Crippen LogP contribution in [-0.4, -0.2) is 12.3 Å². The first-order valence-electron chi connectivity index (χ1n) is 7.61. The summed E-state index contributed by atoms with van der Waals surface area (Å²) in [5.41, 5.74) is 2.90. The zero-order chi connectivity index (χ0) is 16.2. The van der Waals surface area contributed by atoms with Crippen molar-refractivity contribution < 1.29 is 4.79 Å². The van der Waals surface area contributed by atoms with Gasteiger partial charge in [0, 0.05) is 28.2 Å². The van der Waals surface area contributed by atoms with Gasteiger partial charge in [-0.05, 0) is 66.5 Å². The summed E-state index contributed by atoms with van der Waals surface area (Å²) >= 11 is 11.8. The summed E-state index contributed by atoms with van der Waals surface area (Å²) in [6.45, 7) is 0.651. The highest BCUT2D eigenvalue weighted by Gasteiger charge is 2.28. The van der Waals surface area contributed by atoms with Crippen molar-refractivity contribution in [3.05, 3.63) is 69.7 Å². The van der Waals surface area contributed by atoms with Gasteiger partial charge in [0.05, 0.1) is 0 Å². The molecule has 2 aromatic rings. The molecule has 1 atom stereocenters. The summed E-state index contributed by atoms with van der Waals surface area (Å²) in [7, 11) is 0. The van der Waals surface area contributed by atoms with Crippen molar-refractivity contribution in [1.82, 2.24) is 0 Å². The lowest BCUT2D eigenvalue weighted by Crippen LogP contribution is -2.18. The molecule has 1 aliphatic rings. The normalized spacial score (nSPS) is 19.3. The molecule has 0 heterocycles. The van der Waals surface area contributed by atoms with Crippen LogP contribution in [0.3, 0.4) is 0 Å². The average molecular weight is 346 g/mol. The number of halogens is 2. The fraction of sp³-hybridized carbons (Fsp3) is 0.211. The van der Waals surface area contributed by atoms with E-state index in [2.05, 4.69) is 5.32 Å². The standard InChI is InChI=1S/C19H17Cl2NO/c20-16-5-1-13(2-6-16)11-14-3-4-15(19(14)23)12-22-18-9-7-17(21)8-10-18/h1-2,5-11,15,22H,3-4,12H2/b14-11-. The number of rotatable bonds is 4. The minimum atomic E-state index is 0.0317. The number of ketones is 1. The second-order valence-electron chi connectivity index (χ2n) is 5.71. The van der Waals surface area contributed by atoms with Crippen LogP contribution in [0.25, 0.3) is 6.08 Å². The Kier molecular flexibility index (Phi) is 5.04. The molecule has 1 N–H and O–H groups in total. The Labute approximate surface area is 146 Å². The summed E-state index contributed by atoms with van der Waals surface area (Å²) in [4.78, 5) is 12.5. The minimum Gasteiger partial charge on any atom is -0.384 e. The molecular formula is C19H17Cl2NO. The Hall–Kier alpha value is -1.77. The van der Waals surface area contributed by atoms with Crippen LogP contribution >= 0.6 is 23.2 Å². The van der Waals surface area contributed by atoms with Crippen molar-refractivity contribution in [2.24, 2.45) is 5.92 Å². The predicted molar refractivity (Wildman–Crippen MR) is 97.1 cm³/mol. The molecule has 23 heavy (non-hydrogen) atoms. The number of hydrogen-bond acceptors (Lipinski definition) is 2. The van der Waals surface area contributed by atoms with Gasteiger partial charge in [0.1, 0.15) is 0 Å². The molecule has 0 amide bonds. The van der Waals surface area contributed by atoms with Crippen LogP contribution in [0.4, 0.5) is 5.69 Å². The molecule has 2 aromatic carbocycles. The van der Waals surface area contributed by atoms with Crippen LogP contribution in [-0.2, 0) is 4.79 Å². The van der Waals surface area contributed by atoms with Crippen molar-refractivity contribution in [1.29, 1.82) is 0 Å². The van der Waals surface area contributed by atoms with E-state index in [0.717, 1.165) is 29.7 Å². The smallest absolute Gasteiger partial charge is 0.163 e. The molecule has 0 aliphatic heterocycles. The number of anilines is 1. The maximum atomic E-state index is 12.5. The number of hydrogen-bond donors (Lipinski definition) is 1. The zero-order valence-corrected chi connectivity index (χ0v) is 14.1. The summed E-state index contributed by atoms with van der Waals surface area (Å²) in [5.74, 6) is 0.269. The van der Waals surface area contributed by atoms with Gasteiger partial charge in [-0.15, -0.1) is 0 Å². The molecule has 2 nitrogen and oxygen atoms in total. The molecule has 0 bridgehead atoms.